The zero-order valence-electron chi connectivity index (χ0n) is 20.7. The molecule has 0 radical (unpaired) electrons. The molecule has 3 heterocycles. The predicted octanol–water partition coefficient (Wildman–Crippen LogP) is 0.284. The van der Waals surface area contributed by atoms with Crippen LogP contribution in [0.25, 0.3) is 17.2 Å². The molecule has 1 aromatic carbocycles. The second kappa shape index (κ2) is 13.9. The summed E-state index contributed by atoms with van der Waals surface area (Å²) in [7, 11) is 0. The molecule has 5 rings (SSSR count). The number of aromatic nitrogens is 1. The Bertz CT molecular complexity index is 1400. The molecule has 206 valence electrons. The summed E-state index contributed by atoms with van der Waals surface area (Å²) in [6.45, 7) is 2.68. The molecule has 0 spiro atoms. The summed E-state index contributed by atoms with van der Waals surface area (Å²) in [6.07, 6.45) is 7.48. The number of thiocarbonyl (C=S) groups is 1. The van der Waals surface area contributed by atoms with E-state index in [1.165, 1.54) is 28.4 Å². The highest BCUT2D eigenvalue weighted by molar-refractivity contribution is 8.26. The molecule has 0 saturated carbocycles. The number of aryl methyl sites for hydroxylation is 1. The van der Waals surface area contributed by atoms with E-state index in [0.717, 1.165) is 41.0 Å². The smallest absolute Gasteiger partial charge is 0.376 e. The maximum Gasteiger partial charge on any atom is 0.376 e. The lowest BCUT2D eigenvalue weighted by Crippen LogP contribution is -3.00. The largest absolute Gasteiger partial charge is 1.00 e. The molecule has 1 N–H and O–H groups in total. The van der Waals surface area contributed by atoms with Crippen LogP contribution in [0.5, 0.6) is 0 Å². The van der Waals surface area contributed by atoms with Crippen LogP contribution in [-0.4, -0.2) is 62.5 Å². The number of ether oxygens (including phenoxy) is 1. The van der Waals surface area contributed by atoms with Crippen LogP contribution in [-0.2, 0) is 30.5 Å². The summed E-state index contributed by atoms with van der Waals surface area (Å²) in [6, 6.07) is 7.77. The Kier molecular flexibility index (Phi) is 10.9. The van der Waals surface area contributed by atoms with Crippen molar-refractivity contribution in [3.8, 4) is 0 Å². The summed E-state index contributed by atoms with van der Waals surface area (Å²) in [4.78, 5) is 47.8. The normalized spacial score (nSPS) is 19.5. The van der Waals surface area contributed by atoms with Gasteiger partial charge in [-0.2, -0.15) is 4.57 Å². The van der Waals surface area contributed by atoms with Gasteiger partial charge in [0, 0.05) is 6.07 Å². The molecule has 2 aliphatic heterocycles. The Morgan fingerprint density at radius 1 is 1.28 bits per heavy atom. The molecular formula is C25H24BrN3O7S3. The highest BCUT2D eigenvalue weighted by Gasteiger charge is 2.35. The van der Waals surface area contributed by atoms with Crippen molar-refractivity contribution < 1.29 is 55.0 Å². The van der Waals surface area contributed by atoms with E-state index in [4.69, 9.17) is 26.5 Å². The number of carbonyl (C=O) groups is 4. The summed E-state index contributed by atoms with van der Waals surface area (Å²) in [5.74, 6) is -0.418. The number of allylic oxidation sites excluding steroid dienone is 3. The minimum Gasteiger partial charge on any atom is -1.00 e. The van der Waals surface area contributed by atoms with Gasteiger partial charge in [-0.3, -0.25) is 29.0 Å². The van der Waals surface area contributed by atoms with Crippen molar-refractivity contribution >= 4 is 81.5 Å². The van der Waals surface area contributed by atoms with Crippen LogP contribution in [0.4, 0.5) is 0 Å². The molecule has 10 nitrogen and oxygen atoms in total. The summed E-state index contributed by atoms with van der Waals surface area (Å²) in [5, 5.41) is 9.38. The van der Waals surface area contributed by atoms with E-state index < -0.39 is 5.97 Å². The van der Waals surface area contributed by atoms with E-state index in [-0.39, 0.29) is 42.1 Å². The third-order valence-corrected chi connectivity index (χ3v) is 8.25. The summed E-state index contributed by atoms with van der Waals surface area (Å²) >= 11 is 7.59. The van der Waals surface area contributed by atoms with Gasteiger partial charge in [-0.05, 0) is 31.4 Å². The van der Waals surface area contributed by atoms with Crippen molar-refractivity contribution in [2.24, 2.45) is 0 Å². The Labute approximate surface area is 248 Å². The number of carbonyl (C=O) groups excluding carboxylic acids is 3. The number of carboxylic acids is 1. The van der Waals surface area contributed by atoms with Gasteiger partial charge in [0.1, 0.15) is 17.4 Å². The van der Waals surface area contributed by atoms with Crippen LogP contribution in [0, 0.1) is 0 Å². The van der Waals surface area contributed by atoms with Crippen LogP contribution in [0.1, 0.15) is 25.7 Å². The molecule has 2 saturated heterocycles. The molecule has 14 heteroatoms. The molecule has 2 fully saturated rings. The number of carboxylic acid groups (broad SMARTS) is 1. The average molecular weight is 655 g/mol. The fourth-order valence-corrected chi connectivity index (χ4v) is 6.22. The number of rotatable bonds is 7. The van der Waals surface area contributed by atoms with Gasteiger partial charge < -0.3 is 31.2 Å². The molecular weight excluding hydrogens is 630 g/mol. The van der Waals surface area contributed by atoms with Gasteiger partial charge in [0.15, 0.2) is 6.73 Å². The van der Waals surface area contributed by atoms with E-state index in [0.29, 0.717) is 32.4 Å². The van der Waals surface area contributed by atoms with Crippen molar-refractivity contribution in [2.45, 2.75) is 26.3 Å². The maximum atomic E-state index is 11.9. The Balaban J connectivity index is 0.000000220. The highest BCUT2D eigenvalue weighted by atomic mass is 79.9. The first-order valence-electron chi connectivity index (χ1n) is 11.6. The standard InChI is InChI=1S/C15H15N2O4S.C10H9NO3S2.BrH/c1-2-16-11-5-3-4-6-12(11)21-14(16)7-15-17(9-20-10-18)13(19)8-22-15;12-7(13)5-11-9(14)8(16-10(11)15)6-3-1-2-4-6;/h3-7,10H,2,8-9H2,1H3;1,3H,2,4-5H2,(H,12,13);1H/q+1;;/p-1/b;8-6-;. The predicted molar refractivity (Wildman–Crippen MR) is 146 cm³/mol. The highest BCUT2D eigenvalue weighted by Crippen LogP contribution is 2.36. The zero-order chi connectivity index (χ0) is 27.2. The molecule has 39 heavy (non-hydrogen) atoms. The number of aliphatic carboxylic acids is 1. The lowest BCUT2D eigenvalue weighted by atomic mass is 10.2. The summed E-state index contributed by atoms with van der Waals surface area (Å²) in [5.41, 5.74) is 2.76. The van der Waals surface area contributed by atoms with Crippen molar-refractivity contribution in [2.75, 3.05) is 19.0 Å². The van der Waals surface area contributed by atoms with Gasteiger partial charge in [-0.15, -0.1) is 0 Å². The molecule has 1 aromatic heterocycles. The number of benzene rings is 1. The molecule has 1 aliphatic carbocycles. The van der Waals surface area contributed by atoms with E-state index >= 15 is 0 Å². The topological polar surface area (TPSA) is 121 Å². The van der Waals surface area contributed by atoms with Gasteiger partial charge >= 0.3 is 11.9 Å². The third kappa shape index (κ3) is 6.99. The van der Waals surface area contributed by atoms with Crippen molar-refractivity contribution in [1.29, 1.82) is 0 Å². The monoisotopic (exact) mass is 653 g/mol. The second-order valence-electron chi connectivity index (χ2n) is 8.09. The van der Waals surface area contributed by atoms with E-state index in [2.05, 4.69) is 0 Å². The van der Waals surface area contributed by atoms with Crippen LogP contribution in [0.2, 0.25) is 0 Å². The Morgan fingerprint density at radius 3 is 2.72 bits per heavy atom. The number of nitrogens with zero attached hydrogens (tertiary/aromatic N) is 3. The van der Waals surface area contributed by atoms with Crippen LogP contribution < -0.4 is 21.5 Å². The van der Waals surface area contributed by atoms with Crippen LogP contribution in [0.3, 0.4) is 0 Å². The SMILES string of the molecule is CC[n+]1c(/C=C2\SCC(=O)N2COC=O)oc2ccccc21.O=C(O)CN1C(=O)/C(=C2\C=CCC2)SC1=S.[Br-]. The molecule has 2 amide bonds. The summed E-state index contributed by atoms with van der Waals surface area (Å²) < 4.78 is 12.9. The first kappa shape index (κ1) is 30.6. The van der Waals surface area contributed by atoms with Gasteiger partial charge in [0.2, 0.25) is 11.5 Å². The number of para-hydroxylation sites is 2. The van der Waals surface area contributed by atoms with E-state index in [1.807, 2.05) is 54.0 Å². The van der Waals surface area contributed by atoms with Gasteiger partial charge in [-0.1, -0.05) is 60.0 Å². The number of hydrogen-bond donors (Lipinski definition) is 1. The van der Waals surface area contributed by atoms with Crippen molar-refractivity contribution in [3.05, 3.63) is 57.8 Å². The minimum atomic E-state index is -1.05. The molecule has 0 bridgehead atoms. The third-order valence-electron chi connectivity index (χ3n) is 5.72. The van der Waals surface area contributed by atoms with Gasteiger partial charge in [-0.25, -0.2) is 0 Å². The van der Waals surface area contributed by atoms with Gasteiger partial charge in [0.25, 0.3) is 17.9 Å². The lowest BCUT2D eigenvalue weighted by molar-refractivity contribution is -0.674. The second-order valence-corrected chi connectivity index (χ2v) is 10.7. The Morgan fingerprint density at radius 2 is 2.05 bits per heavy atom. The zero-order valence-corrected chi connectivity index (χ0v) is 24.7. The van der Waals surface area contributed by atoms with Crippen molar-refractivity contribution in [1.82, 2.24) is 9.80 Å². The van der Waals surface area contributed by atoms with E-state index in [9.17, 15) is 19.2 Å². The van der Waals surface area contributed by atoms with E-state index in [1.54, 1.807) is 0 Å². The fraction of sp³-hybridized carbons (Fsp3) is 0.280. The van der Waals surface area contributed by atoms with Crippen molar-refractivity contribution in [3.63, 3.8) is 0 Å². The Hall–Kier alpha value is -2.94. The number of hydrogen-bond acceptors (Lipinski definition) is 9. The molecule has 3 aliphatic rings. The average Bonchev–Trinajstić information content (AvgIpc) is 3.67. The lowest BCUT2D eigenvalue weighted by Gasteiger charge is -2.14. The van der Waals surface area contributed by atoms with Crippen LogP contribution >= 0.6 is 35.7 Å². The number of fused-ring (bicyclic) bond motifs is 1. The number of thioether (sulfide) groups is 2. The maximum absolute atomic E-state index is 11.9. The number of halogens is 1. The van der Waals surface area contributed by atoms with Gasteiger partial charge in [0.05, 0.1) is 21.8 Å². The molecule has 0 unspecified atom stereocenters. The first-order chi connectivity index (χ1) is 18.3. The fourth-order valence-electron chi connectivity index (χ4n) is 3.97. The number of amides is 2. The van der Waals surface area contributed by atoms with Crippen LogP contribution in [0.15, 0.2) is 56.3 Å². The quantitative estimate of drug-likeness (QED) is 0.193. The molecule has 0 atom stereocenters. The number of oxazole rings is 1. The first-order valence-corrected chi connectivity index (χ1v) is 13.8. The minimum absolute atomic E-state index is 0. The molecule has 2 aromatic rings.